The van der Waals surface area contributed by atoms with Crippen molar-refractivity contribution in [1.29, 1.82) is 0 Å². The van der Waals surface area contributed by atoms with Crippen LogP contribution in [0.4, 0.5) is 11.4 Å². The molecule has 0 fully saturated rings. The number of nitro benzene ring substituents is 1. The molecule has 3 aromatic rings. The van der Waals surface area contributed by atoms with Gasteiger partial charge >= 0.3 is 0 Å². The molecule has 2 aromatic heterocycles. The van der Waals surface area contributed by atoms with E-state index in [4.69, 9.17) is 0 Å². The van der Waals surface area contributed by atoms with Gasteiger partial charge in [0, 0.05) is 18.3 Å². The van der Waals surface area contributed by atoms with Gasteiger partial charge in [0.1, 0.15) is 0 Å². The van der Waals surface area contributed by atoms with Crippen LogP contribution in [0.2, 0.25) is 0 Å². The van der Waals surface area contributed by atoms with Crippen LogP contribution in [0.25, 0.3) is 5.69 Å². The van der Waals surface area contributed by atoms with Crippen molar-refractivity contribution in [3.05, 3.63) is 70.3 Å². The summed E-state index contributed by atoms with van der Waals surface area (Å²) in [4.78, 5) is 26.6. The molecular formula is C15H12N6O3. The number of anilines is 1. The van der Waals surface area contributed by atoms with E-state index < -0.39 is 10.8 Å². The maximum atomic E-state index is 12.3. The van der Waals surface area contributed by atoms with E-state index in [-0.39, 0.29) is 11.4 Å². The average molecular weight is 324 g/mol. The molecule has 0 radical (unpaired) electrons. The topological polar surface area (TPSA) is 116 Å². The van der Waals surface area contributed by atoms with Crippen molar-refractivity contribution in [2.45, 2.75) is 6.92 Å². The SMILES string of the molecule is Cc1c(C(=O)Nc2cccnc2)nnn1-c1cccc([N+](=O)[O-])c1. The van der Waals surface area contributed by atoms with Crippen LogP contribution in [-0.2, 0) is 0 Å². The molecule has 0 aliphatic heterocycles. The van der Waals surface area contributed by atoms with Gasteiger partial charge in [-0.1, -0.05) is 11.3 Å². The molecule has 0 aliphatic rings. The summed E-state index contributed by atoms with van der Waals surface area (Å²) in [7, 11) is 0. The first-order valence-corrected chi connectivity index (χ1v) is 6.95. The lowest BCUT2D eigenvalue weighted by Crippen LogP contribution is -2.14. The van der Waals surface area contributed by atoms with Gasteiger partial charge in [0.25, 0.3) is 11.6 Å². The molecule has 0 aliphatic carbocycles. The maximum absolute atomic E-state index is 12.3. The Morgan fingerprint density at radius 3 is 2.83 bits per heavy atom. The van der Waals surface area contributed by atoms with Crippen molar-refractivity contribution in [2.24, 2.45) is 0 Å². The largest absolute Gasteiger partial charge is 0.319 e. The Bertz CT molecular complexity index is 907. The van der Waals surface area contributed by atoms with Gasteiger partial charge in [-0.15, -0.1) is 5.10 Å². The fraction of sp³-hybridized carbons (Fsp3) is 0.0667. The van der Waals surface area contributed by atoms with Crippen molar-refractivity contribution in [3.63, 3.8) is 0 Å². The monoisotopic (exact) mass is 324 g/mol. The molecular weight excluding hydrogens is 312 g/mol. The molecule has 0 spiro atoms. The zero-order valence-corrected chi connectivity index (χ0v) is 12.6. The van der Waals surface area contributed by atoms with Crippen LogP contribution in [0.3, 0.4) is 0 Å². The van der Waals surface area contributed by atoms with E-state index in [0.29, 0.717) is 17.1 Å². The number of pyridine rings is 1. The van der Waals surface area contributed by atoms with E-state index in [9.17, 15) is 14.9 Å². The van der Waals surface area contributed by atoms with Crippen molar-refractivity contribution >= 4 is 17.3 Å². The standard InChI is InChI=1S/C15H12N6O3/c1-10-14(15(22)17-11-4-3-7-16-9-11)18-19-20(10)12-5-2-6-13(8-12)21(23)24/h2-9H,1H3,(H,17,22). The molecule has 1 N–H and O–H groups in total. The summed E-state index contributed by atoms with van der Waals surface area (Å²) < 4.78 is 1.38. The lowest BCUT2D eigenvalue weighted by Gasteiger charge is -2.04. The number of rotatable bonds is 4. The van der Waals surface area contributed by atoms with Gasteiger partial charge in [0.05, 0.1) is 28.2 Å². The molecule has 9 heteroatoms. The van der Waals surface area contributed by atoms with Gasteiger partial charge in [0.2, 0.25) is 0 Å². The number of nitro groups is 1. The summed E-state index contributed by atoms with van der Waals surface area (Å²) in [6, 6.07) is 9.34. The first kappa shape index (κ1) is 15.3. The van der Waals surface area contributed by atoms with Crippen molar-refractivity contribution in [3.8, 4) is 5.69 Å². The number of non-ortho nitro benzene ring substituents is 1. The number of hydrogen-bond acceptors (Lipinski definition) is 6. The molecule has 120 valence electrons. The number of nitrogens with one attached hydrogen (secondary N) is 1. The fourth-order valence-electron chi connectivity index (χ4n) is 2.15. The molecule has 1 amide bonds. The zero-order chi connectivity index (χ0) is 17.1. The molecule has 9 nitrogen and oxygen atoms in total. The molecule has 1 aromatic carbocycles. The second-order valence-corrected chi connectivity index (χ2v) is 4.91. The minimum absolute atomic E-state index is 0.0660. The average Bonchev–Trinajstić information content (AvgIpc) is 2.97. The van der Waals surface area contributed by atoms with Gasteiger partial charge < -0.3 is 5.32 Å². The predicted octanol–water partition coefficient (Wildman–Crippen LogP) is 2.13. The van der Waals surface area contributed by atoms with Crippen molar-refractivity contribution in [2.75, 3.05) is 5.32 Å². The van der Waals surface area contributed by atoms with E-state index in [0.717, 1.165) is 0 Å². The van der Waals surface area contributed by atoms with Gasteiger partial charge in [-0.2, -0.15) is 0 Å². The smallest absolute Gasteiger partial charge is 0.278 e. The molecule has 0 saturated heterocycles. The van der Waals surface area contributed by atoms with E-state index in [1.54, 1.807) is 37.4 Å². The summed E-state index contributed by atoms with van der Waals surface area (Å²) in [5.74, 6) is -0.433. The van der Waals surface area contributed by atoms with Crippen LogP contribution in [-0.4, -0.2) is 30.8 Å². The minimum atomic E-state index is -0.494. The number of carbonyl (C=O) groups is 1. The second kappa shape index (κ2) is 6.24. The normalized spacial score (nSPS) is 10.4. The van der Waals surface area contributed by atoms with Gasteiger partial charge in [-0.3, -0.25) is 19.9 Å². The predicted molar refractivity (Wildman–Crippen MR) is 84.9 cm³/mol. The molecule has 2 heterocycles. The summed E-state index contributed by atoms with van der Waals surface area (Å²) in [5, 5.41) is 21.3. The molecule has 0 saturated carbocycles. The highest BCUT2D eigenvalue weighted by Crippen LogP contribution is 2.18. The summed E-state index contributed by atoms with van der Waals surface area (Å²) >= 11 is 0. The first-order valence-electron chi connectivity index (χ1n) is 6.95. The lowest BCUT2D eigenvalue weighted by molar-refractivity contribution is -0.384. The van der Waals surface area contributed by atoms with Crippen molar-refractivity contribution < 1.29 is 9.72 Å². The quantitative estimate of drug-likeness (QED) is 0.580. The van der Waals surface area contributed by atoms with Crippen LogP contribution >= 0.6 is 0 Å². The second-order valence-electron chi connectivity index (χ2n) is 4.91. The van der Waals surface area contributed by atoms with Crippen LogP contribution in [0.5, 0.6) is 0 Å². The molecule has 0 atom stereocenters. The Hall–Kier alpha value is -3.62. The Kier molecular flexibility index (Phi) is 3.98. The van der Waals surface area contributed by atoms with Gasteiger partial charge in [-0.05, 0) is 25.1 Å². The van der Waals surface area contributed by atoms with Crippen LogP contribution < -0.4 is 5.32 Å². The third kappa shape index (κ3) is 2.95. The van der Waals surface area contributed by atoms with Crippen LogP contribution in [0, 0.1) is 17.0 Å². The van der Waals surface area contributed by atoms with Gasteiger partial charge in [0.15, 0.2) is 5.69 Å². The number of hydrogen-bond donors (Lipinski definition) is 1. The Morgan fingerprint density at radius 2 is 2.12 bits per heavy atom. The molecule has 3 rings (SSSR count). The van der Waals surface area contributed by atoms with Crippen molar-refractivity contribution in [1.82, 2.24) is 20.0 Å². The number of amides is 1. The molecule has 0 unspecified atom stereocenters. The zero-order valence-electron chi connectivity index (χ0n) is 12.6. The van der Waals surface area contributed by atoms with E-state index in [1.165, 1.54) is 23.0 Å². The highest BCUT2D eigenvalue weighted by Gasteiger charge is 2.18. The maximum Gasteiger partial charge on any atom is 0.278 e. The van der Waals surface area contributed by atoms with E-state index >= 15 is 0 Å². The Balaban J connectivity index is 1.90. The highest BCUT2D eigenvalue weighted by molar-refractivity contribution is 6.03. The Morgan fingerprint density at radius 1 is 1.29 bits per heavy atom. The number of nitrogens with zero attached hydrogens (tertiary/aromatic N) is 5. The minimum Gasteiger partial charge on any atom is -0.319 e. The number of benzene rings is 1. The van der Waals surface area contributed by atoms with E-state index in [1.807, 2.05) is 0 Å². The van der Waals surface area contributed by atoms with Crippen LogP contribution in [0.1, 0.15) is 16.2 Å². The molecule has 0 bridgehead atoms. The summed E-state index contributed by atoms with van der Waals surface area (Å²) in [6.07, 6.45) is 3.11. The third-order valence-electron chi connectivity index (χ3n) is 3.31. The highest BCUT2D eigenvalue weighted by atomic mass is 16.6. The first-order chi connectivity index (χ1) is 11.6. The summed E-state index contributed by atoms with van der Waals surface area (Å²) in [5.41, 5.74) is 1.52. The van der Waals surface area contributed by atoms with Crippen LogP contribution in [0.15, 0.2) is 48.8 Å². The number of aromatic nitrogens is 4. The lowest BCUT2D eigenvalue weighted by atomic mass is 10.2. The van der Waals surface area contributed by atoms with E-state index in [2.05, 4.69) is 20.6 Å². The summed E-state index contributed by atoms with van der Waals surface area (Å²) in [6.45, 7) is 1.66. The van der Waals surface area contributed by atoms with Gasteiger partial charge in [-0.25, -0.2) is 4.68 Å². The third-order valence-corrected chi connectivity index (χ3v) is 3.31. The fourth-order valence-corrected chi connectivity index (χ4v) is 2.15. The Labute approximate surface area is 136 Å². The number of carbonyl (C=O) groups excluding carboxylic acids is 1. The molecule has 24 heavy (non-hydrogen) atoms.